The third-order valence-electron chi connectivity index (χ3n) is 5.51. The van der Waals surface area contributed by atoms with Crippen molar-refractivity contribution in [1.82, 2.24) is 15.3 Å². The summed E-state index contributed by atoms with van der Waals surface area (Å²) in [6.45, 7) is 3.43. The predicted octanol–water partition coefficient (Wildman–Crippen LogP) is 7.82. The van der Waals surface area contributed by atoms with E-state index in [1.165, 1.54) is 24.5 Å². The van der Waals surface area contributed by atoms with E-state index in [9.17, 15) is 30.7 Å². The molecular formula is C27H19F7N4. The molecule has 0 radical (unpaired) electrons. The summed E-state index contributed by atoms with van der Waals surface area (Å²) in [5.41, 5.74) is -0.553. The molecule has 2 N–H and O–H groups in total. The number of anilines is 2. The van der Waals surface area contributed by atoms with Gasteiger partial charge < -0.3 is 10.6 Å². The topological polar surface area (TPSA) is 49.8 Å². The first kappa shape index (κ1) is 26.6. The molecule has 4 rings (SSSR count). The number of nitrogens with one attached hydrogen (secondary N) is 2. The first-order chi connectivity index (χ1) is 17.9. The summed E-state index contributed by atoms with van der Waals surface area (Å²) >= 11 is 0. The van der Waals surface area contributed by atoms with E-state index in [1.807, 2.05) is 0 Å². The Morgan fingerprint density at radius 2 is 1.50 bits per heavy atom. The molecule has 4 nitrogen and oxygen atoms in total. The van der Waals surface area contributed by atoms with Crippen molar-refractivity contribution < 1.29 is 30.7 Å². The van der Waals surface area contributed by atoms with Gasteiger partial charge in [0.15, 0.2) is 0 Å². The zero-order valence-corrected chi connectivity index (χ0v) is 19.5. The second-order valence-electron chi connectivity index (χ2n) is 8.21. The van der Waals surface area contributed by atoms with Gasteiger partial charge in [0.25, 0.3) is 0 Å². The normalized spacial score (nSPS) is 11.8. The molecule has 196 valence electrons. The van der Waals surface area contributed by atoms with Crippen LogP contribution in [0.25, 0.3) is 16.8 Å². The Kier molecular flexibility index (Phi) is 7.38. The monoisotopic (exact) mass is 532 g/mol. The van der Waals surface area contributed by atoms with Crippen molar-refractivity contribution in [2.24, 2.45) is 0 Å². The first-order valence-electron chi connectivity index (χ1n) is 11.1. The van der Waals surface area contributed by atoms with Gasteiger partial charge in [0, 0.05) is 35.9 Å². The SMILES string of the molecule is C=C(NCc1ccc(C(F)(F)F)cc1C(F)(F)F)c1cccc(Nc2ncc(-c3cccc(F)c3)cn2)c1. The van der Waals surface area contributed by atoms with E-state index in [2.05, 4.69) is 27.2 Å². The average molecular weight is 532 g/mol. The summed E-state index contributed by atoms with van der Waals surface area (Å²) in [7, 11) is 0. The van der Waals surface area contributed by atoms with Crippen LogP contribution in [0.4, 0.5) is 42.4 Å². The van der Waals surface area contributed by atoms with Gasteiger partial charge in [-0.1, -0.05) is 36.9 Å². The Labute approximate surface area is 212 Å². The van der Waals surface area contributed by atoms with E-state index < -0.39 is 30.0 Å². The number of alkyl halides is 6. The minimum atomic E-state index is -4.96. The Hall–Kier alpha value is -4.41. The van der Waals surface area contributed by atoms with E-state index in [-0.39, 0.29) is 29.1 Å². The molecule has 3 aromatic carbocycles. The molecule has 0 aliphatic carbocycles. The Morgan fingerprint density at radius 1 is 0.789 bits per heavy atom. The minimum Gasteiger partial charge on any atom is -0.381 e. The molecule has 0 amide bonds. The van der Waals surface area contributed by atoms with Gasteiger partial charge in [-0.05, 0) is 53.1 Å². The van der Waals surface area contributed by atoms with Crippen molar-refractivity contribution in [3.8, 4) is 11.1 Å². The van der Waals surface area contributed by atoms with Crippen LogP contribution in [-0.2, 0) is 18.9 Å². The maximum Gasteiger partial charge on any atom is 0.416 e. The second-order valence-corrected chi connectivity index (χ2v) is 8.21. The maximum atomic E-state index is 13.4. The number of hydrogen-bond acceptors (Lipinski definition) is 4. The number of halogens is 7. The number of aromatic nitrogens is 2. The summed E-state index contributed by atoms with van der Waals surface area (Å²) < 4.78 is 92.4. The van der Waals surface area contributed by atoms with E-state index >= 15 is 0 Å². The average Bonchev–Trinajstić information content (AvgIpc) is 2.86. The predicted molar refractivity (Wildman–Crippen MR) is 129 cm³/mol. The third kappa shape index (κ3) is 6.47. The summed E-state index contributed by atoms with van der Waals surface area (Å²) in [4.78, 5) is 8.44. The summed E-state index contributed by atoms with van der Waals surface area (Å²) in [6.07, 6.45) is -6.81. The molecule has 38 heavy (non-hydrogen) atoms. The van der Waals surface area contributed by atoms with E-state index in [0.29, 0.717) is 28.4 Å². The Balaban J connectivity index is 1.45. The van der Waals surface area contributed by atoms with Gasteiger partial charge in [0.2, 0.25) is 5.95 Å². The molecule has 0 fully saturated rings. The zero-order valence-electron chi connectivity index (χ0n) is 19.5. The molecule has 4 aromatic rings. The van der Waals surface area contributed by atoms with Gasteiger partial charge in [0.1, 0.15) is 5.82 Å². The molecule has 11 heteroatoms. The van der Waals surface area contributed by atoms with Crippen molar-refractivity contribution in [2.45, 2.75) is 18.9 Å². The van der Waals surface area contributed by atoms with Crippen molar-refractivity contribution in [1.29, 1.82) is 0 Å². The number of hydrogen-bond donors (Lipinski definition) is 2. The van der Waals surface area contributed by atoms with Crippen LogP contribution in [0.5, 0.6) is 0 Å². The standard InChI is InChI=1S/C27H19F7N4/c1-16(35-13-19-8-9-21(26(29,30)31)12-24(19)27(32,33)34)17-4-3-7-23(11-17)38-25-36-14-20(15-37-25)18-5-2-6-22(28)10-18/h2-12,14-15,35H,1,13H2,(H,36,37,38). The van der Waals surface area contributed by atoms with Crippen molar-refractivity contribution in [2.75, 3.05) is 5.32 Å². The van der Waals surface area contributed by atoms with E-state index in [0.717, 1.165) is 6.07 Å². The fraction of sp³-hybridized carbons (Fsp3) is 0.111. The molecule has 0 saturated heterocycles. The molecular weight excluding hydrogens is 513 g/mol. The van der Waals surface area contributed by atoms with Crippen LogP contribution >= 0.6 is 0 Å². The largest absolute Gasteiger partial charge is 0.416 e. The van der Waals surface area contributed by atoms with Crippen molar-refractivity contribution in [3.63, 3.8) is 0 Å². The van der Waals surface area contributed by atoms with Gasteiger partial charge in [-0.15, -0.1) is 0 Å². The number of benzene rings is 3. The minimum absolute atomic E-state index is 0.101. The van der Waals surface area contributed by atoms with Crippen molar-refractivity contribution >= 4 is 17.3 Å². The Morgan fingerprint density at radius 3 is 2.16 bits per heavy atom. The molecule has 0 aliphatic rings. The summed E-state index contributed by atoms with van der Waals surface area (Å²) in [6, 6.07) is 14.2. The molecule has 0 saturated carbocycles. The van der Waals surface area contributed by atoms with Crippen LogP contribution in [0.3, 0.4) is 0 Å². The summed E-state index contributed by atoms with van der Waals surface area (Å²) in [5, 5.41) is 5.73. The van der Waals surface area contributed by atoms with Crippen LogP contribution in [0.2, 0.25) is 0 Å². The fourth-order valence-corrected chi connectivity index (χ4v) is 3.60. The summed E-state index contributed by atoms with van der Waals surface area (Å²) in [5.74, 6) is -0.135. The van der Waals surface area contributed by atoms with Gasteiger partial charge in [0.05, 0.1) is 11.1 Å². The van der Waals surface area contributed by atoms with Gasteiger partial charge in [-0.25, -0.2) is 14.4 Å². The highest BCUT2D eigenvalue weighted by Gasteiger charge is 2.38. The quantitative estimate of drug-likeness (QED) is 0.238. The Bertz CT molecular complexity index is 1450. The smallest absolute Gasteiger partial charge is 0.381 e. The van der Waals surface area contributed by atoms with Gasteiger partial charge in [-0.3, -0.25) is 0 Å². The molecule has 0 bridgehead atoms. The van der Waals surface area contributed by atoms with Crippen LogP contribution in [0, 0.1) is 5.82 Å². The lowest BCUT2D eigenvalue weighted by atomic mass is 10.0. The highest BCUT2D eigenvalue weighted by Crippen LogP contribution is 2.37. The lowest BCUT2D eigenvalue weighted by Crippen LogP contribution is -2.18. The van der Waals surface area contributed by atoms with Crippen LogP contribution in [0.15, 0.2) is 85.7 Å². The van der Waals surface area contributed by atoms with Gasteiger partial charge in [-0.2, -0.15) is 26.3 Å². The van der Waals surface area contributed by atoms with Crippen LogP contribution in [0.1, 0.15) is 22.3 Å². The lowest BCUT2D eigenvalue weighted by Gasteiger charge is -2.17. The van der Waals surface area contributed by atoms with E-state index in [1.54, 1.807) is 36.4 Å². The molecule has 0 spiro atoms. The third-order valence-corrected chi connectivity index (χ3v) is 5.51. The number of nitrogens with zero attached hydrogens (tertiary/aromatic N) is 2. The van der Waals surface area contributed by atoms with E-state index in [4.69, 9.17) is 0 Å². The van der Waals surface area contributed by atoms with Crippen LogP contribution < -0.4 is 10.6 Å². The van der Waals surface area contributed by atoms with Crippen molar-refractivity contribution in [3.05, 3.63) is 114 Å². The number of rotatable bonds is 7. The molecule has 0 atom stereocenters. The second kappa shape index (κ2) is 10.5. The maximum absolute atomic E-state index is 13.4. The molecule has 0 unspecified atom stereocenters. The highest BCUT2D eigenvalue weighted by molar-refractivity contribution is 5.68. The highest BCUT2D eigenvalue weighted by atomic mass is 19.4. The molecule has 1 aromatic heterocycles. The van der Waals surface area contributed by atoms with Gasteiger partial charge >= 0.3 is 12.4 Å². The first-order valence-corrected chi connectivity index (χ1v) is 11.1. The molecule has 0 aliphatic heterocycles. The zero-order chi connectivity index (χ0) is 27.5. The fourth-order valence-electron chi connectivity index (χ4n) is 3.60. The molecule has 1 heterocycles. The van der Waals surface area contributed by atoms with Crippen LogP contribution in [-0.4, -0.2) is 9.97 Å². The lowest BCUT2D eigenvalue weighted by molar-refractivity contribution is -0.143.